The van der Waals surface area contributed by atoms with Crippen molar-refractivity contribution in [1.29, 1.82) is 0 Å². The van der Waals surface area contributed by atoms with Gasteiger partial charge in [-0.15, -0.1) is 0 Å². The van der Waals surface area contributed by atoms with Crippen LogP contribution in [0.5, 0.6) is 0 Å². The van der Waals surface area contributed by atoms with Gasteiger partial charge < -0.3 is 9.47 Å². The zero-order valence-corrected chi connectivity index (χ0v) is 24.3. The number of halogens is 4. The molecule has 0 radical (unpaired) electrons. The number of fused-ring (bicyclic) bond motifs is 1. The molecule has 0 aliphatic carbocycles. The number of hydrogen-bond donors (Lipinski definition) is 0. The maximum atomic E-state index is 13.5. The van der Waals surface area contributed by atoms with Gasteiger partial charge in [0.05, 0.1) is 33.1 Å². The fraction of sp³-hybridized carbons (Fsp3) is 0.381. The summed E-state index contributed by atoms with van der Waals surface area (Å²) in [6.07, 6.45) is -1.19. The molecule has 1 heterocycles. The van der Waals surface area contributed by atoms with Crippen molar-refractivity contribution in [3.05, 3.63) is 52.7 Å². The number of esters is 2. The number of benzene rings is 1. The summed E-state index contributed by atoms with van der Waals surface area (Å²) in [7, 11) is 0. The number of nitrogens with zero attached hydrogens (tertiary/aromatic N) is 2. The Hall–Kier alpha value is -1.17. The summed E-state index contributed by atoms with van der Waals surface area (Å²) in [5.74, 6) is -1.06. The standard InChI is InChI=1S/C21H22Br4N2O5/c1-9(2)19(28)31-11(5)7-26-17-15(24)13(22)14(23)16(25)18(17)27(21(26)30)8-12(6)32-20(29)10(3)4/h11-12H,1,3,7-8H2,2,4-6H3. The Balaban J connectivity index is 2.62. The Morgan fingerprint density at radius 3 is 1.38 bits per heavy atom. The van der Waals surface area contributed by atoms with Crippen LogP contribution >= 0.6 is 63.7 Å². The second-order valence-electron chi connectivity index (χ2n) is 7.45. The third kappa shape index (κ3) is 5.66. The molecule has 11 heteroatoms. The van der Waals surface area contributed by atoms with Crippen LogP contribution < -0.4 is 5.69 Å². The second kappa shape index (κ2) is 10.8. The summed E-state index contributed by atoms with van der Waals surface area (Å²) >= 11 is 14.2. The molecule has 0 saturated heterocycles. The number of rotatable bonds is 8. The van der Waals surface area contributed by atoms with E-state index < -0.39 is 24.1 Å². The minimum absolute atomic E-state index is 0.112. The van der Waals surface area contributed by atoms with Crippen molar-refractivity contribution < 1.29 is 19.1 Å². The first-order chi connectivity index (χ1) is 14.8. The molecule has 1 aromatic carbocycles. The molecule has 0 aliphatic rings. The molecule has 0 N–H and O–H groups in total. The molecule has 32 heavy (non-hydrogen) atoms. The van der Waals surface area contributed by atoms with Crippen molar-refractivity contribution in [3.8, 4) is 0 Å². The molecule has 2 unspecified atom stereocenters. The lowest BCUT2D eigenvalue weighted by Gasteiger charge is -2.15. The van der Waals surface area contributed by atoms with Crippen molar-refractivity contribution in [2.24, 2.45) is 0 Å². The van der Waals surface area contributed by atoms with Gasteiger partial charge in [0.2, 0.25) is 0 Å². The van der Waals surface area contributed by atoms with Gasteiger partial charge in [0.25, 0.3) is 0 Å². The fourth-order valence-corrected chi connectivity index (χ4v) is 5.44. The van der Waals surface area contributed by atoms with E-state index in [1.807, 2.05) is 0 Å². The molecule has 2 atom stereocenters. The molecule has 174 valence electrons. The molecule has 1 aromatic heterocycles. The summed E-state index contributed by atoms with van der Waals surface area (Å²) < 4.78 is 16.5. The molecule has 0 saturated carbocycles. The van der Waals surface area contributed by atoms with Crippen molar-refractivity contribution in [1.82, 2.24) is 9.13 Å². The number of ether oxygens (including phenoxy) is 2. The largest absolute Gasteiger partial charge is 0.457 e. The summed E-state index contributed by atoms with van der Waals surface area (Å²) in [5.41, 5.74) is 1.39. The minimum Gasteiger partial charge on any atom is -0.457 e. The maximum Gasteiger partial charge on any atom is 0.333 e. The number of hydrogen-bond acceptors (Lipinski definition) is 5. The molecule has 0 amide bonds. The Labute approximate surface area is 219 Å². The first kappa shape index (κ1) is 27.1. The first-order valence-corrected chi connectivity index (χ1v) is 12.6. The molecule has 7 nitrogen and oxygen atoms in total. The van der Waals surface area contributed by atoms with Crippen molar-refractivity contribution in [3.63, 3.8) is 0 Å². The Kier molecular flexibility index (Phi) is 9.17. The summed E-state index contributed by atoms with van der Waals surface area (Å²) in [5, 5.41) is 0. The van der Waals surface area contributed by atoms with Crippen molar-refractivity contribution in [2.45, 2.75) is 53.0 Å². The lowest BCUT2D eigenvalue weighted by atomic mass is 10.3. The topological polar surface area (TPSA) is 79.5 Å². The molecular formula is C21H22Br4N2O5. The van der Waals surface area contributed by atoms with Gasteiger partial charge in [0, 0.05) is 20.1 Å². The highest BCUT2D eigenvalue weighted by Crippen LogP contribution is 2.43. The van der Waals surface area contributed by atoms with E-state index >= 15 is 0 Å². The first-order valence-electron chi connectivity index (χ1n) is 9.45. The van der Waals surface area contributed by atoms with Gasteiger partial charge in [-0.2, -0.15) is 0 Å². The van der Waals surface area contributed by atoms with E-state index in [1.165, 1.54) is 9.13 Å². The molecule has 0 spiro atoms. The number of aromatic nitrogens is 2. The van der Waals surface area contributed by atoms with Gasteiger partial charge >= 0.3 is 17.6 Å². The molecular weight excluding hydrogens is 680 g/mol. The molecule has 2 rings (SSSR count). The van der Waals surface area contributed by atoms with Gasteiger partial charge in [0.1, 0.15) is 12.2 Å². The van der Waals surface area contributed by atoms with E-state index in [2.05, 4.69) is 76.9 Å². The lowest BCUT2D eigenvalue weighted by Crippen LogP contribution is -2.32. The molecule has 0 aliphatic heterocycles. The Bertz CT molecular complexity index is 1090. The van der Waals surface area contributed by atoms with Gasteiger partial charge in [-0.05, 0) is 91.4 Å². The highest BCUT2D eigenvalue weighted by atomic mass is 79.9. The predicted molar refractivity (Wildman–Crippen MR) is 138 cm³/mol. The summed E-state index contributed by atoms with van der Waals surface area (Å²) in [6, 6.07) is 0. The van der Waals surface area contributed by atoms with Gasteiger partial charge in [0.15, 0.2) is 0 Å². The highest BCUT2D eigenvalue weighted by molar-refractivity contribution is 9.15. The van der Waals surface area contributed by atoms with Crippen LogP contribution in [-0.2, 0) is 32.2 Å². The van der Waals surface area contributed by atoms with Crippen LogP contribution in [-0.4, -0.2) is 33.3 Å². The van der Waals surface area contributed by atoms with E-state index in [4.69, 9.17) is 9.47 Å². The summed E-state index contributed by atoms with van der Waals surface area (Å²) in [4.78, 5) is 37.3. The molecule has 0 fully saturated rings. The van der Waals surface area contributed by atoms with Crippen molar-refractivity contribution in [2.75, 3.05) is 0 Å². The number of carbonyl (C=O) groups excluding carboxylic acids is 2. The van der Waals surface area contributed by atoms with Crippen LogP contribution in [0, 0.1) is 0 Å². The number of imidazole rings is 1. The normalized spacial score (nSPS) is 13.0. The third-order valence-corrected chi connectivity index (χ3v) is 9.14. The van der Waals surface area contributed by atoms with Gasteiger partial charge in [-0.1, -0.05) is 13.2 Å². The third-order valence-electron chi connectivity index (χ3n) is 4.41. The Morgan fingerprint density at radius 2 is 1.09 bits per heavy atom. The van der Waals surface area contributed by atoms with Crippen molar-refractivity contribution >= 4 is 86.7 Å². The summed E-state index contributed by atoms with van der Waals surface area (Å²) in [6.45, 7) is 13.9. The minimum atomic E-state index is -0.595. The highest BCUT2D eigenvalue weighted by Gasteiger charge is 2.26. The molecule has 2 aromatic rings. The lowest BCUT2D eigenvalue weighted by molar-refractivity contribution is -0.144. The Morgan fingerprint density at radius 1 is 0.781 bits per heavy atom. The smallest absolute Gasteiger partial charge is 0.333 e. The van der Waals surface area contributed by atoms with Gasteiger partial charge in [-0.25, -0.2) is 14.4 Å². The predicted octanol–water partition coefficient (Wildman–Crippen LogP) is 5.87. The average Bonchev–Trinajstić information content (AvgIpc) is 2.96. The number of carbonyl (C=O) groups is 2. The SMILES string of the molecule is C=C(C)C(=O)OC(C)Cn1c(=O)n(CC(C)OC(=O)C(=C)C)c2c(Br)c(Br)c(Br)c(Br)c21. The average molecular weight is 702 g/mol. The van der Waals surface area contributed by atoms with E-state index in [0.717, 1.165) is 0 Å². The second-order valence-corrected chi connectivity index (χ2v) is 10.6. The van der Waals surface area contributed by atoms with Crippen LogP contribution in [0.15, 0.2) is 47.0 Å². The maximum absolute atomic E-state index is 13.5. The van der Waals surface area contributed by atoms with E-state index in [-0.39, 0.29) is 29.9 Å². The van der Waals surface area contributed by atoms with Crippen LogP contribution in [0.25, 0.3) is 11.0 Å². The van der Waals surface area contributed by atoms with Crippen LogP contribution in [0.2, 0.25) is 0 Å². The fourth-order valence-electron chi connectivity index (χ4n) is 2.93. The monoisotopic (exact) mass is 698 g/mol. The quantitative estimate of drug-likeness (QED) is 0.149. The van der Waals surface area contributed by atoms with Crippen LogP contribution in [0.4, 0.5) is 0 Å². The van der Waals surface area contributed by atoms with Crippen LogP contribution in [0.1, 0.15) is 27.7 Å². The van der Waals surface area contributed by atoms with E-state index in [0.29, 0.717) is 28.9 Å². The molecule has 0 bridgehead atoms. The van der Waals surface area contributed by atoms with Gasteiger partial charge in [-0.3, -0.25) is 9.13 Å². The van der Waals surface area contributed by atoms with E-state index in [9.17, 15) is 14.4 Å². The zero-order chi connectivity index (χ0) is 24.5. The van der Waals surface area contributed by atoms with Crippen LogP contribution in [0.3, 0.4) is 0 Å². The van der Waals surface area contributed by atoms with E-state index in [1.54, 1.807) is 27.7 Å². The zero-order valence-electron chi connectivity index (χ0n) is 17.9.